The van der Waals surface area contributed by atoms with Crippen molar-refractivity contribution >= 4 is 39.6 Å². The molecule has 4 nitrogen and oxygen atoms in total. The Bertz CT molecular complexity index is 694. The van der Waals surface area contributed by atoms with Crippen LogP contribution in [0.2, 0.25) is 0 Å². The fourth-order valence-corrected chi connectivity index (χ4v) is 2.94. The highest BCUT2D eigenvalue weighted by Gasteiger charge is 2.10. The highest BCUT2D eigenvalue weighted by atomic mass is 32.1. The molecule has 1 N–H and O–H groups in total. The lowest BCUT2D eigenvalue weighted by molar-refractivity contribution is -0.117. The zero-order valence-corrected chi connectivity index (χ0v) is 11.2. The summed E-state index contributed by atoms with van der Waals surface area (Å²) >= 11 is 6.63. The number of aromatic nitrogens is 2. The van der Waals surface area contributed by atoms with Crippen molar-refractivity contribution in [3.05, 3.63) is 26.1 Å². The smallest absolute Gasteiger partial charge is 0.263 e. The van der Waals surface area contributed by atoms with E-state index < -0.39 is 0 Å². The summed E-state index contributed by atoms with van der Waals surface area (Å²) in [6.45, 7) is 3.51. The molecule has 0 spiro atoms. The Morgan fingerprint density at radius 2 is 2.29 bits per heavy atom. The fraction of sp³-hybridized carbons (Fsp3) is 0.364. The molecule has 0 aliphatic carbocycles. The second-order valence-corrected chi connectivity index (χ2v) is 5.36. The van der Waals surface area contributed by atoms with Crippen LogP contribution in [0.5, 0.6) is 0 Å². The van der Waals surface area contributed by atoms with E-state index in [0.29, 0.717) is 10.2 Å². The van der Waals surface area contributed by atoms with Gasteiger partial charge in [0.15, 0.2) is 4.77 Å². The number of ketones is 1. The van der Waals surface area contributed by atoms with Gasteiger partial charge in [-0.15, -0.1) is 11.3 Å². The van der Waals surface area contributed by atoms with Crippen LogP contribution < -0.4 is 5.56 Å². The van der Waals surface area contributed by atoms with Gasteiger partial charge in [-0.3, -0.25) is 14.2 Å². The van der Waals surface area contributed by atoms with Crippen molar-refractivity contribution in [3.63, 3.8) is 0 Å². The molecule has 0 amide bonds. The number of aromatic amines is 1. The molecule has 2 aromatic rings. The molecule has 0 radical (unpaired) electrons. The first-order chi connectivity index (χ1) is 8.02. The van der Waals surface area contributed by atoms with E-state index in [2.05, 4.69) is 4.98 Å². The maximum Gasteiger partial charge on any atom is 0.263 e. The molecule has 0 fully saturated rings. The molecule has 6 heteroatoms. The third-order valence-electron chi connectivity index (χ3n) is 2.45. The number of fused-ring (bicyclic) bond motifs is 1. The standard InChI is InChI=1S/C11H12N2O2S2/c1-3-7-4-8-9(17-7)12-11(16)13(10(8)15)5-6(2)14/h4H,3,5H2,1-2H3,(H,12,16). The van der Waals surface area contributed by atoms with Gasteiger partial charge in [0.2, 0.25) is 0 Å². The van der Waals surface area contributed by atoms with Crippen LogP contribution in [0.4, 0.5) is 0 Å². The van der Waals surface area contributed by atoms with Crippen molar-refractivity contribution in [2.45, 2.75) is 26.8 Å². The van der Waals surface area contributed by atoms with Crippen LogP contribution in [0.15, 0.2) is 10.9 Å². The number of nitrogens with one attached hydrogen (secondary N) is 1. The summed E-state index contributed by atoms with van der Waals surface area (Å²) in [4.78, 5) is 28.2. The minimum absolute atomic E-state index is 0.0292. The summed E-state index contributed by atoms with van der Waals surface area (Å²) in [5.74, 6) is -0.0862. The van der Waals surface area contributed by atoms with E-state index in [9.17, 15) is 9.59 Å². The summed E-state index contributed by atoms with van der Waals surface area (Å²) in [6, 6.07) is 1.87. The van der Waals surface area contributed by atoms with Crippen LogP contribution in [-0.4, -0.2) is 15.3 Å². The quantitative estimate of drug-likeness (QED) is 0.869. The average molecular weight is 268 g/mol. The van der Waals surface area contributed by atoms with Gasteiger partial charge in [-0.2, -0.15) is 0 Å². The van der Waals surface area contributed by atoms with Crippen LogP contribution in [-0.2, 0) is 17.8 Å². The van der Waals surface area contributed by atoms with Crippen molar-refractivity contribution in [1.82, 2.24) is 9.55 Å². The molecule has 17 heavy (non-hydrogen) atoms. The van der Waals surface area contributed by atoms with Crippen molar-refractivity contribution in [3.8, 4) is 0 Å². The minimum Gasteiger partial charge on any atom is -0.323 e. The molecule has 0 saturated heterocycles. The molecule has 2 aromatic heterocycles. The molecule has 0 aromatic carbocycles. The van der Waals surface area contributed by atoms with Gasteiger partial charge in [-0.05, 0) is 31.6 Å². The molecule has 90 valence electrons. The van der Waals surface area contributed by atoms with Gasteiger partial charge in [0, 0.05) is 4.88 Å². The van der Waals surface area contributed by atoms with Gasteiger partial charge < -0.3 is 4.98 Å². The third kappa shape index (κ3) is 2.23. The maximum absolute atomic E-state index is 12.1. The number of Topliss-reactive ketones (excluding diaryl/α,β-unsaturated/α-hetero) is 1. The van der Waals surface area contributed by atoms with Gasteiger partial charge in [-0.1, -0.05) is 6.92 Å². The number of nitrogens with zero attached hydrogens (tertiary/aromatic N) is 1. The zero-order valence-electron chi connectivity index (χ0n) is 9.57. The van der Waals surface area contributed by atoms with E-state index in [-0.39, 0.29) is 17.9 Å². The number of aryl methyl sites for hydroxylation is 1. The van der Waals surface area contributed by atoms with Crippen LogP contribution in [0.25, 0.3) is 10.2 Å². The van der Waals surface area contributed by atoms with Crippen molar-refractivity contribution in [2.24, 2.45) is 0 Å². The molecule has 0 atom stereocenters. The largest absolute Gasteiger partial charge is 0.323 e. The van der Waals surface area contributed by atoms with Crippen LogP contribution in [0.1, 0.15) is 18.7 Å². The molecule has 0 unspecified atom stereocenters. The number of carbonyl (C=O) groups excluding carboxylic acids is 1. The Morgan fingerprint density at radius 1 is 1.59 bits per heavy atom. The van der Waals surface area contributed by atoms with E-state index in [1.807, 2.05) is 13.0 Å². The van der Waals surface area contributed by atoms with Gasteiger partial charge in [0.05, 0.1) is 11.9 Å². The summed E-state index contributed by atoms with van der Waals surface area (Å²) < 4.78 is 1.62. The molecule has 2 rings (SSSR count). The van der Waals surface area contributed by atoms with E-state index in [1.54, 1.807) is 0 Å². The van der Waals surface area contributed by atoms with E-state index >= 15 is 0 Å². The second-order valence-electron chi connectivity index (χ2n) is 3.83. The van der Waals surface area contributed by atoms with Crippen molar-refractivity contribution < 1.29 is 4.79 Å². The Hall–Kier alpha value is -1.27. The number of thiophene rings is 1. The monoisotopic (exact) mass is 268 g/mol. The van der Waals surface area contributed by atoms with E-state index in [1.165, 1.54) is 22.8 Å². The van der Waals surface area contributed by atoms with Gasteiger partial charge in [0.25, 0.3) is 5.56 Å². The van der Waals surface area contributed by atoms with Crippen LogP contribution in [0.3, 0.4) is 0 Å². The zero-order chi connectivity index (χ0) is 12.6. The van der Waals surface area contributed by atoms with E-state index in [0.717, 1.165) is 16.1 Å². The van der Waals surface area contributed by atoms with Crippen LogP contribution in [0, 0.1) is 4.77 Å². The fourth-order valence-electron chi connectivity index (χ4n) is 1.64. The number of carbonyl (C=O) groups is 1. The number of hydrogen-bond donors (Lipinski definition) is 1. The molecular weight excluding hydrogens is 256 g/mol. The Labute approximate surface area is 107 Å². The highest BCUT2D eigenvalue weighted by molar-refractivity contribution is 7.71. The van der Waals surface area contributed by atoms with Crippen molar-refractivity contribution in [2.75, 3.05) is 0 Å². The minimum atomic E-state index is -0.185. The molecule has 0 bridgehead atoms. The number of rotatable bonds is 3. The normalized spacial score (nSPS) is 10.9. The highest BCUT2D eigenvalue weighted by Crippen LogP contribution is 2.21. The van der Waals surface area contributed by atoms with Crippen molar-refractivity contribution in [1.29, 1.82) is 0 Å². The molecular formula is C11H12N2O2S2. The molecule has 0 aliphatic rings. The topological polar surface area (TPSA) is 54.9 Å². The summed E-state index contributed by atoms with van der Waals surface area (Å²) in [5.41, 5.74) is -0.185. The Kier molecular flexibility index (Phi) is 3.26. The van der Waals surface area contributed by atoms with Gasteiger partial charge in [0.1, 0.15) is 10.6 Å². The molecule has 0 saturated carbocycles. The van der Waals surface area contributed by atoms with Gasteiger partial charge >= 0.3 is 0 Å². The Morgan fingerprint density at radius 3 is 2.88 bits per heavy atom. The lowest BCUT2D eigenvalue weighted by atomic mass is 10.3. The number of hydrogen-bond acceptors (Lipinski definition) is 4. The average Bonchev–Trinajstić information content (AvgIpc) is 2.67. The predicted molar refractivity (Wildman–Crippen MR) is 71.3 cm³/mol. The first-order valence-corrected chi connectivity index (χ1v) is 6.50. The summed E-state index contributed by atoms with van der Waals surface area (Å²) in [6.07, 6.45) is 0.881. The van der Waals surface area contributed by atoms with E-state index in [4.69, 9.17) is 12.2 Å². The predicted octanol–water partition coefficient (Wildman–Crippen LogP) is 2.27. The summed E-state index contributed by atoms with van der Waals surface area (Å²) in [7, 11) is 0. The Balaban J connectivity index is 2.74. The first kappa shape index (κ1) is 12.2. The maximum atomic E-state index is 12.1. The lowest BCUT2D eigenvalue weighted by Crippen LogP contribution is -2.24. The third-order valence-corrected chi connectivity index (χ3v) is 3.97. The molecule has 0 aliphatic heterocycles. The second kappa shape index (κ2) is 4.54. The molecule has 2 heterocycles. The first-order valence-electron chi connectivity index (χ1n) is 5.28. The van der Waals surface area contributed by atoms with Gasteiger partial charge in [-0.25, -0.2) is 0 Å². The lowest BCUT2D eigenvalue weighted by Gasteiger charge is -2.02. The summed E-state index contributed by atoms with van der Waals surface area (Å²) in [5, 5.41) is 0.613. The van der Waals surface area contributed by atoms with Crippen LogP contribution >= 0.6 is 23.6 Å². The number of H-pyrrole nitrogens is 1. The SMILES string of the molecule is CCc1cc2c(=O)n(CC(C)=O)c(=S)[nH]c2s1.